The molecule has 1 fully saturated rings. The van der Waals surface area contributed by atoms with Crippen molar-refractivity contribution in [3.05, 3.63) is 132 Å². The molecule has 3 aliphatic heterocycles. The highest BCUT2D eigenvalue weighted by Gasteiger charge is 2.52. The summed E-state index contributed by atoms with van der Waals surface area (Å²) in [6.45, 7) is 16.7. The molecule has 1 aromatic carbocycles. The van der Waals surface area contributed by atoms with Gasteiger partial charge < -0.3 is 66.0 Å². The summed E-state index contributed by atoms with van der Waals surface area (Å²) in [6, 6.07) is 15.9. The number of rotatable bonds is 28. The number of carboxylic acids is 1. The highest BCUT2D eigenvalue weighted by atomic mass is 32.2. The van der Waals surface area contributed by atoms with Gasteiger partial charge in [0.2, 0.25) is 23.6 Å². The molecule has 0 spiro atoms. The van der Waals surface area contributed by atoms with Crippen molar-refractivity contribution >= 4 is 108 Å². The molecule has 2 amide bonds. The normalized spacial score (nSPS) is 19.9. The standard InChI is InChI=1S/C61H74N11O19P3S/c1-9-36-34(6)51-50(35-14-12-11-13-15-35)52-37(10-2)31(3)42(70-52)24-40-32(4)38(16-18-48(74)75)44(68-40)26-45-39(33(5)41(69-45)25-43(36)71-51)17-19-49(76)95-23-22-63-47(73)20-21-64-59(79)56(78)61(7,8)28-88-94(85,86)91-93(83,84)87-27-46-55(90-92(80,81)82)54(77)60(89-46)72-30-67-53-57(62)65-29-66-58(53)72/h9-15,24-26,29-30,34,36,46,54-56,60,77-78H,1-2,16-23,27-28H2,3-8H3,(H11,62,63,64,65,66,68,69,70,71,73,74,75,79,80,81,82,83,84,85,86)/p+1. The van der Waals surface area contributed by atoms with Crippen LogP contribution in [0.3, 0.4) is 0 Å². The van der Waals surface area contributed by atoms with Crippen LogP contribution >= 0.6 is 35.2 Å². The molecule has 8 bridgehead atoms. The van der Waals surface area contributed by atoms with Gasteiger partial charge >= 0.3 is 35.1 Å². The molecule has 0 saturated carbocycles. The molecule has 30 nitrogen and oxygen atoms in total. The molecule has 0 radical (unpaired) electrons. The van der Waals surface area contributed by atoms with Crippen molar-refractivity contribution < 1.29 is 95.0 Å². The first-order chi connectivity index (χ1) is 44.8. The predicted molar refractivity (Wildman–Crippen MR) is 350 cm³/mol. The Hall–Kier alpha value is -7.41. The van der Waals surface area contributed by atoms with Crippen molar-refractivity contribution in [1.82, 2.24) is 45.5 Å². The number of aliphatic hydroxyl groups excluding tert-OH is 2. The van der Waals surface area contributed by atoms with E-state index in [4.69, 9.17) is 34.0 Å². The number of anilines is 1. The molecule has 9 unspecified atom stereocenters. The van der Waals surface area contributed by atoms with Crippen LogP contribution in [0.2, 0.25) is 0 Å². The number of aromatic amines is 3. The van der Waals surface area contributed by atoms with E-state index in [2.05, 4.69) is 59.9 Å². The highest BCUT2D eigenvalue weighted by Crippen LogP contribution is 2.61. The second kappa shape index (κ2) is 29.5. The number of imidazole rings is 1. The zero-order chi connectivity index (χ0) is 69.1. The number of allylic oxidation sites excluding steroid dienone is 4. The van der Waals surface area contributed by atoms with E-state index in [0.29, 0.717) is 23.1 Å². The monoisotopic (exact) mass is 1390 g/mol. The third-order valence-electron chi connectivity index (χ3n) is 16.6. The fraction of sp³-hybridized carbons (Fsp3) is 0.393. The Kier molecular flexibility index (Phi) is 22.3. The number of nitrogens with zero attached hydrogens (tertiary/aromatic N) is 5. The first-order valence-electron chi connectivity index (χ1n) is 29.9. The molecule has 14 N–H and O–H groups in total. The van der Waals surface area contributed by atoms with Crippen molar-refractivity contribution in [2.24, 2.45) is 5.41 Å². The van der Waals surface area contributed by atoms with Gasteiger partial charge in [0.25, 0.3) is 0 Å². The number of phosphoric ester groups is 3. The minimum Gasteiger partial charge on any atom is -0.481 e. The van der Waals surface area contributed by atoms with Gasteiger partial charge in [0, 0.05) is 88.6 Å². The van der Waals surface area contributed by atoms with Crippen molar-refractivity contribution in [3.63, 3.8) is 0 Å². The zero-order valence-electron chi connectivity index (χ0n) is 52.5. The van der Waals surface area contributed by atoms with E-state index < -0.39 is 90.5 Å². The van der Waals surface area contributed by atoms with Crippen molar-refractivity contribution in [3.8, 4) is 11.1 Å². The van der Waals surface area contributed by atoms with Crippen LogP contribution in [0.1, 0.15) is 110 Å². The molecule has 95 heavy (non-hydrogen) atoms. The van der Waals surface area contributed by atoms with E-state index in [1.54, 1.807) is 0 Å². The number of aliphatic hydroxyl groups is 2. The van der Waals surface area contributed by atoms with Crippen LogP contribution in [0.25, 0.3) is 55.5 Å². The van der Waals surface area contributed by atoms with E-state index in [1.807, 2.05) is 81.5 Å². The molecular weight excluding hydrogens is 1320 g/mol. The first kappa shape index (κ1) is 71.9. The first-order valence-corrected chi connectivity index (χ1v) is 35.4. The number of fused-ring (bicyclic) bond motifs is 9. The van der Waals surface area contributed by atoms with E-state index in [1.165, 1.54) is 24.7 Å². The second-order valence-corrected chi connectivity index (χ2v) is 29.0. The Labute approximate surface area is 548 Å². The molecule has 1 saturated heterocycles. The van der Waals surface area contributed by atoms with Gasteiger partial charge in [-0.05, 0) is 85.2 Å². The Morgan fingerprint density at radius 3 is 2.20 bits per heavy atom. The fourth-order valence-electron chi connectivity index (χ4n) is 11.5. The number of aliphatic carboxylic acids is 1. The number of benzene rings is 1. The van der Waals surface area contributed by atoms with Crippen LogP contribution < -0.4 is 20.9 Å². The molecule has 8 heterocycles. The number of hydrogen-bond donors (Lipinski definition) is 13. The number of amides is 2. The maximum atomic E-state index is 13.6. The van der Waals surface area contributed by atoms with Crippen LogP contribution in [0.5, 0.6) is 0 Å². The average Bonchev–Trinajstić information content (AvgIpc) is 1.62. The number of thioether (sulfide) groups is 1. The summed E-state index contributed by atoms with van der Waals surface area (Å²) in [5, 5.41) is 36.7. The summed E-state index contributed by atoms with van der Waals surface area (Å²) in [6.07, 6.45) is -2.70. The highest BCUT2D eigenvalue weighted by molar-refractivity contribution is 8.13. The van der Waals surface area contributed by atoms with Crippen LogP contribution in [0.4, 0.5) is 5.82 Å². The smallest absolute Gasteiger partial charge is 0.481 e. The molecule has 9 rings (SSSR count). The Bertz CT molecular complexity index is 4340. The van der Waals surface area contributed by atoms with Crippen molar-refractivity contribution in [2.45, 2.75) is 116 Å². The summed E-state index contributed by atoms with van der Waals surface area (Å²) in [7, 11) is -16.6. The Morgan fingerprint density at radius 1 is 0.884 bits per heavy atom. The van der Waals surface area contributed by atoms with Crippen LogP contribution in [-0.4, -0.2) is 149 Å². The predicted octanol–water partition coefficient (Wildman–Crippen LogP) is 6.84. The lowest BCUT2D eigenvalue weighted by atomic mass is 9.86. The van der Waals surface area contributed by atoms with Crippen molar-refractivity contribution in [1.29, 1.82) is 0 Å². The number of H-pyrrole nitrogens is 3. The summed E-state index contributed by atoms with van der Waals surface area (Å²) in [5.74, 6) is -2.54. The number of carbonyl (C=O) groups is 4. The quantitative estimate of drug-likeness (QED) is 0.0103. The largest absolute Gasteiger partial charge is 0.481 e. The second-order valence-electron chi connectivity index (χ2n) is 23.6. The topological polar surface area (TPSA) is 460 Å². The number of nitrogens with two attached hydrogens (primary N) is 1. The lowest BCUT2D eigenvalue weighted by molar-refractivity contribution is -0.745. The van der Waals surface area contributed by atoms with Gasteiger partial charge in [-0.3, -0.25) is 42.7 Å². The molecule has 3 aliphatic rings. The number of nitrogen functional groups attached to an aromatic ring is 1. The number of carbonyl (C=O) groups excluding carboxylic acids is 3. The van der Waals surface area contributed by atoms with Gasteiger partial charge in [-0.25, -0.2) is 23.2 Å². The van der Waals surface area contributed by atoms with Gasteiger partial charge in [-0.2, -0.15) is 9.29 Å². The van der Waals surface area contributed by atoms with Gasteiger partial charge in [0.1, 0.15) is 24.4 Å². The Balaban J connectivity index is 0.793. The molecule has 0 aliphatic carbocycles. The minimum absolute atomic E-state index is 0.000855. The lowest BCUT2D eigenvalue weighted by Gasteiger charge is -2.30. The van der Waals surface area contributed by atoms with Gasteiger partial charge in [0.15, 0.2) is 23.6 Å². The fourth-order valence-corrected chi connectivity index (χ4v) is 15.0. The van der Waals surface area contributed by atoms with Gasteiger partial charge in [-0.1, -0.05) is 86.6 Å². The number of phosphoric acid groups is 3. The number of nitrogens with one attached hydrogen (secondary N) is 5. The van der Waals surface area contributed by atoms with E-state index in [-0.39, 0.29) is 78.5 Å². The van der Waals surface area contributed by atoms with Gasteiger partial charge in [-0.15, -0.1) is 6.58 Å². The molecule has 9 atom stereocenters. The summed E-state index contributed by atoms with van der Waals surface area (Å²) in [4.78, 5) is 120. The van der Waals surface area contributed by atoms with E-state index in [0.717, 1.165) is 90.7 Å². The summed E-state index contributed by atoms with van der Waals surface area (Å²) in [5.41, 5.74) is 17.4. The van der Waals surface area contributed by atoms with Crippen LogP contribution in [0.15, 0.2) is 86.5 Å². The van der Waals surface area contributed by atoms with Crippen LogP contribution in [-0.2, 0) is 68.3 Å². The number of ether oxygens (including phenoxy) is 1. The molecule has 5 aromatic heterocycles. The number of hydrogen-bond acceptors (Lipinski definition) is 20. The molecule has 508 valence electrons. The summed E-state index contributed by atoms with van der Waals surface area (Å²) >= 11 is 1.03. The molecule has 34 heteroatoms. The van der Waals surface area contributed by atoms with E-state index in [9.17, 15) is 67.8 Å². The molecule has 6 aromatic rings. The molecular formula is C61H75N11O19P3S+. The summed E-state index contributed by atoms with van der Waals surface area (Å²) < 4.78 is 63.3. The SMILES string of the molecule is C=CC1=C(C)c2cc3[nH]c(cc4[nH]c(cc5nc(c(-c6ccccc6)c1n2)C(C)C5C=C)c(C)c4CCC(=O)SCCNC(=O)CCNC(=O)C(O)C(C)(C)COP(=O)(O)OP(=O)(O)OCC1OC([n+]2c[nH]c4c(N)ncnc42)C(O)C1OP(=O)(O)O)c(CCC(=O)O)c3C. The van der Waals surface area contributed by atoms with Gasteiger partial charge in [0.05, 0.1) is 36.0 Å². The number of carboxylic acid groups (broad SMARTS) is 1. The van der Waals surface area contributed by atoms with Crippen LogP contribution in [0, 0.1) is 19.3 Å². The minimum atomic E-state index is -5.64. The maximum absolute atomic E-state index is 13.6. The Morgan fingerprint density at radius 2 is 1.55 bits per heavy atom. The third kappa shape index (κ3) is 16.7. The average molecular weight is 1390 g/mol. The number of aromatic nitrogens is 8. The maximum Gasteiger partial charge on any atom is 0.481 e. The lowest BCUT2D eigenvalue weighted by Crippen LogP contribution is -2.46. The van der Waals surface area contributed by atoms with E-state index >= 15 is 0 Å². The number of aryl methyl sites for hydroxylation is 4. The zero-order valence-corrected chi connectivity index (χ0v) is 56.0. The third-order valence-corrected chi connectivity index (χ3v) is 20.6. The van der Waals surface area contributed by atoms with Crippen molar-refractivity contribution in [2.75, 3.05) is 37.8 Å².